The highest BCUT2D eigenvalue weighted by Crippen LogP contribution is 2.25. The number of hydrogen-bond donors (Lipinski definition) is 3. The minimum absolute atomic E-state index is 0.124. The number of aromatic nitrogens is 4. The molecule has 0 saturated heterocycles. The number of carbonyl (C=O) groups is 1. The fraction of sp³-hybridized carbons (Fsp3) is 0.154. The van der Waals surface area contributed by atoms with E-state index in [1.54, 1.807) is 30.1 Å². The second-order valence-electron chi connectivity index (χ2n) is 4.43. The Morgan fingerprint density at radius 1 is 1.40 bits per heavy atom. The summed E-state index contributed by atoms with van der Waals surface area (Å²) in [5.74, 6) is -1.04. The number of aromatic amines is 1. The number of aromatic carboxylic acids is 1. The van der Waals surface area contributed by atoms with Crippen LogP contribution in [0, 0.1) is 0 Å². The van der Waals surface area contributed by atoms with Crippen LogP contribution in [0.3, 0.4) is 0 Å². The van der Waals surface area contributed by atoms with Crippen LogP contribution in [-0.4, -0.2) is 35.9 Å². The predicted octanol–water partition coefficient (Wildman–Crippen LogP) is 1.08. The van der Waals surface area contributed by atoms with Gasteiger partial charge < -0.3 is 15.2 Å². The minimum Gasteiger partial charge on any atom is -0.478 e. The molecule has 0 saturated carbocycles. The fourth-order valence-electron chi connectivity index (χ4n) is 2.18. The summed E-state index contributed by atoms with van der Waals surface area (Å²) in [5.41, 5.74) is 2.11. The van der Waals surface area contributed by atoms with Gasteiger partial charge in [0, 0.05) is 19.4 Å². The van der Waals surface area contributed by atoms with Gasteiger partial charge in [-0.15, -0.1) is 0 Å². The first kappa shape index (κ1) is 12.4. The van der Waals surface area contributed by atoms with E-state index >= 15 is 0 Å². The van der Waals surface area contributed by atoms with Crippen molar-refractivity contribution in [2.45, 2.75) is 6.10 Å². The molecule has 0 aliphatic carbocycles. The highest BCUT2D eigenvalue weighted by Gasteiger charge is 2.19. The van der Waals surface area contributed by atoms with Gasteiger partial charge >= 0.3 is 5.97 Å². The summed E-state index contributed by atoms with van der Waals surface area (Å²) >= 11 is 0. The molecule has 1 unspecified atom stereocenters. The van der Waals surface area contributed by atoms with E-state index in [-0.39, 0.29) is 5.56 Å². The SMILES string of the molecule is Cn1nccc1C(O)c1cc2nccc(C(=O)O)c2[nH]1. The molecule has 20 heavy (non-hydrogen) atoms. The summed E-state index contributed by atoms with van der Waals surface area (Å²) in [7, 11) is 1.72. The zero-order valence-electron chi connectivity index (χ0n) is 10.6. The standard InChI is InChI=1S/C13H12N4O3/c1-17-10(3-5-15-17)12(18)9-6-8-11(16-9)7(13(19)20)2-4-14-8/h2-6,12,16,18H,1H3,(H,19,20). The van der Waals surface area contributed by atoms with Crippen LogP contribution < -0.4 is 0 Å². The van der Waals surface area contributed by atoms with Gasteiger partial charge in [-0.3, -0.25) is 9.67 Å². The Hall–Kier alpha value is -2.67. The molecule has 0 bridgehead atoms. The third kappa shape index (κ3) is 1.84. The first-order valence-corrected chi connectivity index (χ1v) is 5.95. The van der Waals surface area contributed by atoms with Gasteiger partial charge in [0.2, 0.25) is 0 Å². The maximum atomic E-state index is 11.2. The van der Waals surface area contributed by atoms with E-state index in [1.165, 1.54) is 12.3 Å². The highest BCUT2D eigenvalue weighted by atomic mass is 16.4. The predicted molar refractivity (Wildman–Crippen MR) is 70.3 cm³/mol. The number of fused-ring (bicyclic) bond motifs is 1. The lowest BCUT2D eigenvalue weighted by atomic mass is 10.2. The summed E-state index contributed by atoms with van der Waals surface area (Å²) in [4.78, 5) is 18.2. The lowest BCUT2D eigenvalue weighted by Crippen LogP contribution is -2.06. The number of carboxylic acids is 1. The molecule has 0 amide bonds. The third-order valence-electron chi connectivity index (χ3n) is 3.21. The molecule has 0 aromatic carbocycles. The van der Waals surface area contributed by atoms with Crippen LogP contribution in [0.25, 0.3) is 11.0 Å². The van der Waals surface area contributed by atoms with Crippen molar-refractivity contribution in [1.82, 2.24) is 19.7 Å². The third-order valence-corrected chi connectivity index (χ3v) is 3.21. The molecular weight excluding hydrogens is 260 g/mol. The fourth-order valence-corrected chi connectivity index (χ4v) is 2.18. The Balaban J connectivity index is 2.12. The van der Waals surface area contributed by atoms with Crippen molar-refractivity contribution in [3.05, 3.63) is 47.5 Å². The smallest absolute Gasteiger partial charge is 0.337 e. The largest absolute Gasteiger partial charge is 0.478 e. The number of aliphatic hydroxyl groups is 1. The van der Waals surface area contributed by atoms with Crippen LogP contribution in [0.5, 0.6) is 0 Å². The molecule has 0 spiro atoms. The van der Waals surface area contributed by atoms with Crippen molar-refractivity contribution in [3.8, 4) is 0 Å². The molecule has 102 valence electrons. The number of carboxylic acid groups (broad SMARTS) is 1. The quantitative estimate of drug-likeness (QED) is 0.661. The normalized spacial score (nSPS) is 12.7. The van der Waals surface area contributed by atoms with Gasteiger partial charge in [-0.05, 0) is 18.2 Å². The molecule has 3 aromatic heterocycles. The van der Waals surface area contributed by atoms with Crippen molar-refractivity contribution in [1.29, 1.82) is 0 Å². The van der Waals surface area contributed by atoms with E-state index in [2.05, 4.69) is 15.1 Å². The maximum Gasteiger partial charge on any atom is 0.337 e. The van der Waals surface area contributed by atoms with Crippen molar-refractivity contribution in [3.63, 3.8) is 0 Å². The first-order chi connectivity index (χ1) is 9.58. The Morgan fingerprint density at radius 3 is 2.85 bits per heavy atom. The van der Waals surface area contributed by atoms with Crippen molar-refractivity contribution in [2.75, 3.05) is 0 Å². The second-order valence-corrected chi connectivity index (χ2v) is 4.43. The first-order valence-electron chi connectivity index (χ1n) is 5.95. The molecule has 3 heterocycles. The number of pyridine rings is 1. The van der Waals surface area contributed by atoms with Gasteiger partial charge in [0.05, 0.1) is 28.0 Å². The highest BCUT2D eigenvalue weighted by molar-refractivity contribution is 6.00. The van der Waals surface area contributed by atoms with Gasteiger partial charge in [-0.2, -0.15) is 5.10 Å². The number of nitrogens with one attached hydrogen (secondary N) is 1. The summed E-state index contributed by atoms with van der Waals surface area (Å²) in [6, 6.07) is 4.75. The van der Waals surface area contributed by atoms with Crippen LogP contribution in [0.1, 0.15) is 27.8 Å². The topological polar surface area (TPSA) is 104 Å². The molecule has 7 heteroatoms. The second kappa shape index (κ2) is 4.46. The summed E-state index contributed by atoms with van der Waals surface area (Å²) < 4.78 is 1.56. The van der Waals surface area contributed by atoms with E-state index in [0.29, 0.717) is 22.4 Å². The van der Waals surface area contributed by atoms with Crippen molar-refractivity contribution >= 4 is 17.0 Å². The molecular formula is C13H12N4O3. The molecule has 0 fully saturated rings. The van der Waals surface area contributed by atoms with Crippen LogP contribution in [0.15, 0.2) is 30.6 Å². The monoisotopic (exact) mass is 272 g/mol. The average molecular weight is 272 g/mol. The molecule has 0 aliphatic rings. The number of H-pyrrole nitrogens is 1. The molecule has 3 rings (SSSR count). The lowest BCUT2D eigenvalue weighted by Gasteiger charge is -2.08. The number of nitrogens with zero attached hydrogens (tertiary/aromatic N) is 3. The molecule has 3 N–H and O–H groups in total. The minimum atomic E-state index is -1.04. The molecule has 1 atom stereocenters. The van der Waals surface area contributed by atoms with Gasteiger partial charge in [0.1, 0.15) is 6.10 Å². The van der Waals surface area contributed by atoms with E-state index in [1.807, 2.05) is 0 Å². The van der Waals surface area contributed by atoms with Crippen LogP contribution in [0.2, 0.25) is 0 Å². The van der Waals surface area contributed by atoms with Crippen LogP contribution in [0.4, 0.5) is 0 Å². The van der Waals surface area contributed by atoms with Crippen LogP contribution >= 0.6 is 0 Å². The van der Waals surface area contributed by atoms with Gasteiger partial charge in [-0.25, -0.2) is 4.79 Å². The zero-order chi connectivity index (χ0) is 14.3. The van der Waals surface area contributed by atoms with E-state index in [9.17, 15) is 9.90 Å². The molecule has 3 aromatic rings. The van der Waals surface area contributed by atoms with Crippen LogP contribution in [-0.2, 0) is 7.05 Å². The van der Waals surface area contributed by atoms with E-state index < -0.39 is 12.1 Å². The van der Waals surface area contributed by atoms with Gasteiger partial charge in [0.25, 0.3) is 0 Å². The van der Waals surface area contributed by atoms with E-state index in [0.717, 1.165) is 0 Å². The average Bonchev–Trinajstić information content (AvgIpc) is 3.02. The Morgan fingerprint density at radius 2 is 2.20 bits per heavy atom. The van der Waals surface area contributed by atoms with E-state index in [4.69, 9.17) is 5.11 Å². The molecule has 7 nitrogen and oxygen atoms in total. The maximum absolute atomic E-state index is 11.2. The number of aliphatic hydroxyl groups excluding tert-OH is 1. The van der Waals surface area contributed by atoms with Crippen molar-refractivity contribution in [2.24, 2.45) is 7.05 Å². The molecule has 0 radical (unpaired) electrons. The number of rotatable bonds is 3. The van der Waals surface area contributed by atoms with Gasteiger partial charge in [-0.1, -0.05) is 0 Å². The van der Waals surface area contributed by atoms with Crippen molar-refractivity contribution < 1.29 is 15.0 Å². The number of aryl methyl sites for hydroxylation is 1. The zero-order valence-corrected chi connectivity index (χ0v) is 10.6. The Labute approximate surface area is 113 Å². The molecule has 0 aliphatic heterocycles. The summed E-state index contributed by atoms with van der Waals surface area (Å²) in [5, 5.41) is 23.5. The summed E-state index contributed by atoms with van der Waals surface area (Å²) in [6.45, 7) is 0. The Bertz CT molecular complexity index is 790. The Kier molecular flexibility index (Phi) is 2.76. The number of hydrogen-bond acceptors (Lipinski definition) is 4. The summed E-state index contributed by atoms with van der Waals surface area (Å²) in [6.07, 6.45) is 2.10. The van der Waals surface area contributed by atoms with Gasteiger partial charge in [0.15, 0.2) is 0 Å². The lowest BCUT2D eigenvalue weighted by molar-refractivity contribution is 0.0698.